The summed E-state index contributed by atoms with van der Waals surface area (Å²) in [7, 11) is 1.85. The van der Waals surface area contributed by atoms with E-state index < -0.39 is 12.0 Å². The van der Waals surface area contributed by atoms with Crippen molar-refractivity contribution < 1.29 is 13.2 Å². The molecule has 3 aromatic heterocycles. The molecular weight excluding hydrogens is 387 g/mol. The zero-order valence-electron chi connectivity index (χ0n) is 16.6. The van der Waals surface area contributed by atoms with Gasteiger partial charge < -0.3 is 15.5 Å². The van der Waals surface area contributed by atoms with Gasteiger partial charge in [0.15, 0.2) is 17.3 Å². The Kier molecular flexibility index (Phi) is 4.32. The van der Waals surface area contributed by atoms with Crippen LogP contribution in [-0.4, -0.2) is 55.8 Å². The molecule has 3 aromatic rings. The van der Waals surface area contributed by atoms with Gasteiger partial charge in [-0.1, -0.05) is 0 Å². The number of aryl methyl sites for hydroxylation is 3. The molecule has 9 nitrogen and oxygen atoms in total. The Labute approximate surface area is 164 Å². The van der Waals surface area contributed by atoms with Crippen LogP contribution in [0.1, 0.15) is 22.6 Å². The van der Waals surface area contributed by atoms with Gasteiger partial charge in [0, 0.05) is 44.4 Å². The number of aromatic nitrogens is 6. The molecule has 0 unspecified atom stereocenters. The molecular formula is C17H22F3N9. The number of halogens is 3. The number of nitrogens with zero attached hydrogens (tertiary/aromatic N) is 8. The van der Waals surface area contributed by atoms with Crippen molar-refractivity contribution in [2.75, 3.05) is 41.7 Å². The molecule has 1 fully saturated rings. The SMILES string of the molecule is Cc1nn(C)c(N2CCN(c3nn4c(C(F)(F)F)nnc4c(C)c3C)CC2)c1N. The molecule has 156 valence electrons. The van der Waals surface area contributed by atoms with Gasteiger partial charge in [-0.15, -0.1) is 15.3 Å². The molecule has 0 bridgehead atoms. The molecule has 2 N–H and O–H groups in total. The van der Waals surface area contributed by atoms with E-state index in [4.69, 9.17) is 5.73 Å². The van der Waals surface area contributed by atoms with Crippen LogP contribution >= 0.6 is 0 Å². The fourth-order valence-corrected chi connectivity index (χ4v) is 3.76. The van der Waals surface area contributed by atoms with Crippen LogP contribution in [0.3, 0.4) is 0 Å². The zero-order valence-corrected chi connectivity index (χ0v) is 16.6. The predicted molar refractivity (Wildman–Crippen MR) is 102 cm³/mol. The van der Waals surface area contributed by atoms with Crippen LogP contribution in [0, 0.1) is 20.8 Å². The Bertz CT molecular complexity index is 1070. The van der Waals surface area contributed by atoms with Crippen molar-refractivity contribution in [1.29, 1.82) is 0 Å². The van der Waals surface area contributed by atoms with Crippen molar-refractivity contribution in [3.05, 3.63) is 22.6 Å². The first-order valence-corrected chi connectivity index (χ1v) is 9.18. The Morgan fingerprint density at radius 2 is 1.52 bits per heavy atom. The van der Waals surface area contributed by atoms with Crippen molar-refractivity contribution in [1.82, 2.24) is 29.6 Å². The number of fused-ring (bicyclic) bond motifs is 1. The first-order chi connectivity index (χ1) is 13.6. The van der Waals surface area contributed by atoms with E-state index >= 15 is 0 Å². The minimum absolute atomic E-state index is 0.121. The van der Waals surface area contributed by atoms with Crippen LogP contribution in [0.25, 0.3) is 5.65 Å². The molecule has 1 aliphatic rings. The summed E-state index contributed by atoms with van der Waals surface area (Å²) in [6.45, 7) is 7.91. The van der Waals surface area contributed by atoms with E-state index in [1.807, 2.05) is 25.8 Å². The number of anilines is 3. The Hall–Kier alpha value is -3.05. The first-order valence-electron chi connectivity index (χ1n) is 9.18. The second-order valence-corrected chi connectivity index (χ2v) is 7.25. The van der Waals surface area contributed by atoms with Gasteiger partial charge in [0.05, 0.1) is 11.4 Å². The van der Waals surface area contributed by atoms with Gasteiger partial charge in [-0.05, 0) is 20.8 Å². The van der Waals surface area contributed by atoms with Gasteiger partial charge in [0.1, 0.15) is 0 Å². The maximum atomic E-state index is 13.3. The van der Waals surface area contributed by atoms with Gasteiger partial charge in [-0.25, -0.2) is 0 Å². The molecule has 4 rings (SSSR count). The second-order valence-electron chi connectivity index (χ2n) is 7.25. The number of alkyl halides is 3. The van der Waals surface area contributed by atoms with Gasteiger partial charge in [0.25, 0.3) is 5.82 Å². The Balaban J connectivity index is 1.65. The number of hydrogen-bond donors (Lipinski definition) is 1. The smallest absolute Gasteiger partial charge is 0.394 e. The van der Waals surface area contributed by atoms with E-state index in [0.29, 0.717) is 43.2 Å². The lowest BCUT2D eigenvalue weighted by molar-refractivity contribution is -0.146. The lowest BCUT2D eigenvalue weighted by atomic mass is 10.1. The molecule has 4 heterocycles. The third-order valence-corrected chi connectivity index (χ3v) is 5.44. The average molecular weight is 409 g/mol. The minimum atomic E-state index is -4.63. The molecule has 29 heavy (non-hydrogen) atoms. The molecule has 0 spiro atoms. The summed E-state index contributed by atoms with van der Waals surface area (Å²) in [6.07, 6.45) is -4.63. The summed E-state index contributed by atoms with van der Waals surface area (Å²) in [4.78, 5) is 4.12. The highest BCUT2D eigenvalue weighted by Gasteiger charge is 2.38. The highest BCUT2D eigenvalue weighted by molar-refractivity contribution is 5.67. The first kappa shape index (κ1) is 19.3. The minimum Gasteiger partial charge on any atom is -0.394 e. The summed E-state index contributed by atoms with van der Waals surface area (Å²) in [5, 5.41) is 15.6. The second kappa shape index (κ2) is 6.49. The van der Waals surface area contributed by atoms with E-state index in [-0.39, 0.29) is 5.65 Å². The molecule has 0 atom stereocenters. The van der Waals surface area contributed by atoms with Crippen LogP contribution in [0.4, 0.5) is 30.5 Å². The third-order valence-electron chi connectivity index (χ3n) is 5.44. The molecule has 1 aliphatic heterocycles. The number of piperazine rings is 1. The summed E-state index contributed by atoms with van der Waals surface area (Å²) >= 11 is 0. The van der Waals surface area contributed by atoms with E-state index in [1.54, 1.807) is 11.6 Å². The number of rotatable bonds is 2. The van der Waals surface area contributed by atoms with Gasteiger partial charge >= 0.3 is 6.18 Å². The summed E-state index contributed by atoms with van der Waals surface area (Å²) in [5.41, 5.74) is 9.12. The van der Waals surface area contributed by atoms with E-state index in [9.17, 15) is 13.2 Å². The Morgan fingerprint density at radius 1 is 0.897 bits per heavy atom. The molecule has 12 heteroatoms. The van der Waals surface area contributed by atoms with Crippen LogP contribution in [0.5, 0.6) is 0 Å². The van der Waals surface area contributed by atoms with Crippen LogP contribution in [-0.2, 0) is 13.2 Å². The maximum Gasteiger partial charge on any atom is 0.453 e. The largest absolute Gasteiger partial charge is 0.453 e. The summed E-state index contributed by atoms with van der Waals surface area (Å²) < 4.78 is 42.4. The molecule has 1 saturated heterocycles. The van der Waals surface area contributed by atoms with Crippen LogP contribution in [0.2, 0.25) is 0 Å². The molecule has 0 aromatic carbocycles. The zero-order chi connectivity index (χ0) is 21.1. The standard InChI is InChI=1S/C17H22F3N9/c1-9-10(2)14(25-29-13(9)22-23-16(29)17(18,19)20)27-5-7-28(8-6-27)15-12(21)11(3)24-26(15)4/h5-8,21H2,1-4H3. The monoisotopic (exact) mass is 409 g/mol. The van der Waals surface area contributed by atoms with Crippen molar-refractivity contribution in [3.8, 4) is 0 Å². The summed E-state index contributed by atoms with van der Waals surface area (Å²) in [6, 6.07) is 0. The van der Waals surface area contributed by atoms with E-state index in [0.717, 1.165) is 21.6 Å². The van der Waals surface area contributed by atoms with Gasteiger partial charge in [-0.3, -0.25) is 4.68 Å². The maximum absolute atomic E-state index is 13.3. The predicted octanol–water partition coefficient (Wildman–Crippen LogP) is 1.71. The number of nitrogens with two attached hydrogens (primary N) is 1. The fraction of sp³-hybridized carbons (Fsp3) is 0.529. The summed E-state index contributed by atoms with van der Waals surface area (Å²) in [5.74, 6) is 0.249. The lowest BCUT2D eigenvalue weighted by Gasteiger charge is -2.37. The van der Waals surface area contributed by atoms with Gasteiger partial charge in [0.2, 0.25) is 0 Å². The average Bonchev–Trinajstić information content (AvgIpc) is 3.19. The fourth-order valence-electron chi connectivity index (χ4n) is 3.76. The van der Waals surface area contributed by atoms with E-state index in [1.165, 1.54) is 0 Å². The molecule has 0 aliphatic carbocycles. The van der Waals surface area contributed by atoms with Crippen molar-refractivity contribution in [2.24, 2.45) is 7.05 Å². The van der Waals surface area contributed by atoms with Crippen LogP contribution < -0.4 is 15.5 Å². The van der Waals surface area contributed by atoms with Gasteiger partial charge in [-0.2, -0.15) is 22.8 Å². The quantitative estimate of drug-likeness (QED) is 0.689. The molecule has 0 amide bonds. The Morgan fingerprint density at radius 3 is 2.07 bits per heavy atom. The normalized spacial score (nSPS) is 15.6. The number of hydrogen-bond acceptors (Lipinski definition) is 7. The van der Waals surface area contributed by atoms with Crippen molar-refractivity contribution in [2.45, 2.75) is 26.9 Å². The molecule has 0 radical (unpaired) electrons. The number of nitrogen functional groups attached to an aromatic ring is 1. The molecule has 0 saturated carbocycles. The van der Waals surface area contributed by atoms with Crippen molar-refractivity contribution in [3.63, 3.8) is 0 Å². The lowest BCUT2D eigenvalue weighted by Crippen LogP contribution is -2.48. The highest BCUT2D eigenvalue weighted by atomic mass is 19.4. The third kappa shape index (κ3) is 3.02. The van der Waals surface area contributed by atoms with Crippen LogP contribution in [0.15, 0.2) is 0 Å². The van der Waals surface area contributed by atoms with E-state index in [2.05, 4.69) is 25.3 Å². The highest BCUT2D eigenvalue weighted by Crippen LogP contribution is 2.32. The topological polar surface area (TPSA) is 93.4 Å². The van der Waals surface area contributed by atoms with Crippen molar-refractivity contribution >= 4 is 23.0 Å².